The van der Waals surface area contributed by atoms with Gasteiger partial charge in [0.15, 0.2) is 0 Å². The summed E-state index contributed by atoms with van der Waals surface area (Å²) in [5, 5.41) is 14.0. The lowest BCUT2D eigenvalue weighted by molar-refractivity contribution is -0.482. The zero-order chi connectivity index (χ0) is 13.7. The molecule has 1 N–H and O–H groups in total. The number of benzene rings is 1. The number of aryl methyl sites for hydroxylation is 1. The van der Waals surface area contributed by atoms with Gasteiger partial charge in [-0.2, -0.15) is 0 Å². The zero-order valence-electron chi connectivity index (χ0n) is 10.6. The fraction of sp³-hybridized carbons (Fsp3) is 0.214. The van der Waals surface area contributed by atoms with Crippen LogP contribution in [-0.4, -0.2) is 16.5 Å². The summed E-state index contributed by atoms with van der Waals surface area (Å²) in [6.07, 6.45) is 1.64. The van der Waals surface area contributed by atoms with Gasteiger partial charge < -0.3 is 5.32 Å². The molecule has 0 aliphatic heterocycles. The normalized spacial score (nSPS) is 11.8. The van der Waals surface area contributed by atoms with Crippen LogP contribution in [0, 0.1) is 17.0 Å². The minimum Gasteiger partial charge on any atom is -0.371 e. The standard InChI is InChI=1S/C14H15N3O2/c1-11-6-2-3-7-12(11)16-14(10-17(18)19)13-8-4-5-9-15-13/h2-9,14,16H,10H2,1H3. The third-order valence-corrected chi connectivity index (χ3v) is 2.85. The molecule has 1 unspecified atom stereocenters. The van der Waals surface area contributed by atoms with Crippen LogP contribution in [0.5, 0.6) is 0 Å². The molecule has 5 heteroatoms. The Balaban J connectivity index is 2.24. The van der Waals surface area contributed by atoms with Crippen molar-refractivity contribution in [1.29, 1.82) is 0 Å². The molecule has 0 amide bonds. The fourth-order valence-electron chi connectivity index (χ4n) is 1.87. The Hall–Kier alpha value is -2.43. The summed E-state index contributed by atoms with van der Waals surface area (Å²) in [6, 6.07) is 12.7. The molecule has 98 valence electrons. The smallest absolute Gasteiger partial charge is 0.229 e. The highest BCUT2D eigenvalue weighted by molar-refractivity contribution is 5.51. The van der Waals surface area contributed by atoms with Gasteiger partial charge in [-0.3, -0.25) is 15.1 Å². The zero-order valence-corrected chi connectivity index (χ0v) is 10.6. The van der Waals surface area contributed by atoms with Gasteiger partial charge in [0, 0.05) is 16.8 Å². The molecule has 0 radical (unpaired) electrons. The molecule has 0 spiro atoms. The van der Waals surface area contributed by atoms with Crippen LogP contribution in [0.4, 0.5) is 5.69 Å². The van der Waals surface area contributed by atoms with E-state index in [2.05, 4.69) is 10.3 Å². The van der Waals surface area contributed by atoms with E-state index >= 15 is 0 Å². The summed E-state index contributed by atoms with van der Waals surface area (Å²) < 4.78 is 0. The van der Waals surface area contributed by atoms with E-state index in [0.717, 1.165) is 11.3 Å². The second-order valence-corrected chi connectivity index (χ2v) is 4.28. The van der Waals surface area contributed by atoms with Crippen molar-refractivity contribution in [3.05, 3.63) is 70.0 Å². The highest BCUT2D eigenvalue weighted by Crippen LogP contribution is 2.21. The van der Waals surface area contributed by atoms with Crippen LogP contribution in [0.3, 0.4) is 0 Å². The lowest BCUT2D eigenvalue weighted by Crippen LogP contribution is -2.21. The van der Waals surface area contributed by atoms with Gasteiger partial charge in [-0.05, 0) is 30.7 Å². The minimum absolute atomic E-state index is 0.203. The van der Waals surface area contributed by atoms with Crippen molar-refractivity contribution in [3.8, 4) is 0 Å². The second kappa shape index (κ2) is 5.95. The molecule has 0 aliphatic rings. The average molecular weight is 257 g/mol. The third-order valence-electron chi connectivity index (χ3n) is 2.85. The van der Waals surface area contributed by atoms with Gasteiger partial charge in [0.2, 0.25) is 6.54 Å². The molecule has 19 heavy (non-hydrogen) atoms. The molecular formula is C14H15N3O2. The molecule has 1 atom stereocenters. The van der Waals surface area contributed by atoms with E-state index in [1.165, 1.54) is 0 Å². The third kappa shape index (κ3) is 3.51. The molecule has 1 aromatic heterocycles. The maximum Gasteiger partial charge on any atom is 0.229 e. The van der Waals surface area contributed by atoms with Crippen molar-refractivity contribution in [3.63, 3.8) is 0 Å². The van der Waals surface area contributed by atoms with E-state index in [-0.39, 0.29) is 11.5 Å². The molecular weight excluding hydrogens is 242 g/mol. The maximum absolute atomic E-state index is 10.8. The van der Waals surface area contributed by atoms with Crippen molar-refractivity contribution in [2.24, 2.45) is 0 Å². The van der Waals surface area contributed by atoms with Crippen molar-refractivity contribution >= 4 is 5.69 Å². The Bertz CT molecular complexity index is 558. The first-order valence-corrected chi connectivity index (χ1v) is 6.01. The maximum atomic E-state index is 10.8. The van der Waals surface area contributed by atoms with Crippen LogP contribution < -0.4 is 5.32 Å². The molecule has 0 fully saturated rings. The van der Waals surface area contributed by atoms with Gasteiger partial charge >= 0.3 is 0 Å². The van der Waals surface area contributed by atoms with E-state index in [1.807, 2.05) is 37.3 Å². The Morgan fingerprint density at radius 1 is 1.26 bits per heavy atom. The first-order chi connectivity index (χ1) is 9.16. The van der Waals surface area contributed by atoms with Crippen LogP contribution in [0.25, 0.3) is 0 Å². The van der Waals surface area contributed by atoms with Gasteiger partial charge in [-0.15, -0.1) is 0 Å². The summed E-state index contributed by atoms with van der Waals surface area (Å²) >= 11 is 0. The predicted molar refractivity (Wildman–Crippen MR) is 73.6 cm³/mol. The highest BCUT2D eigenvalue weighted by atomic mass is 16.6. The van der Waals surface area contributed by atoms with Gasteiger partial charge in [0.25, 0.3) is 0 Å². The number of aromatic nitrogens is 1. The van der Waals surface area contributed by atoms with E-state index < -0.39 is 6.04 Å². The van der Waals surface area contributed by atoms with Crippen LogP contribution in [-0.2, 0) is 0 Å². The van der Waals surface area contributed by atoms with E-state index in [4.69, 9.17) is 0 Å². The number of rotatable bonds is 5. The molecule has 2 aromatic rings. The lowest BCUT2D eigenvalue weighted by Gasteiger charge is -2.17. The summed E-state index contributed by atoms with van der Waals surface area (Å²) in [6.45, 7) is 1.76. The van der Waals surface area contributed by atoms with E-state index in [0.29, 0.717) is 5.69 Å². The Labute approximate surface area is 111 Å². The van der Waals surface area contributed by atoms with Gasteiger partial charge in [-0.1, -0.05) is 24.3 Å². The average Bonchev–Trinajstić information content (AvgIpc) is 2.41. The molecule has 0 saturated heterocycles. The molecule has 1 heterocycles. The van der Waals surface area contributed by atoms with Crippen LogP contribution >= 0.6 is 0 Å². The van der Waals surface area contributed by atoms with E-state index in [1.54, 1.807) is 18.3 Å². The lowest BCUT2D eigenvalue weighted by atomic mass is 10.1. The first kappa shape index (κ1) is 13.0. The number of hydrogen-bond acceptors (Lipinski definition) is 4. The first-order valence-electron chi connectivity index (χ1n) is 6.01. The molecule has 2 rings (SSSR count). The van der Waals surface area contributed by atoms with Gasteiger partial charge in [-0.25, -0.2) is 0 Å². The van der Waals surface area contributed by atoms with Crippen LogP contribution in [0.1, 0.15) is 17.3 Å². The predicted octanol–water partition coefficient (Wildman–Crippen LogP) is 2.82. The fourth-order valence-corrected chi connectivity index (χ4v) is 1.87. The van der Waals surface area contributed by atoms with Crippen LogP contribution in [0.15, 0.2) is 48.7 Å². The quantitative estimate of drug-likeness (QED) is 0.660. The van der Waals surface area contributed by atoms with Gasteiger partial charge in [0.05, 0.1) is 5.69 Å². The number of pyridine rings is 1. The summed E-state index contributed by atoms with van der Waals surface area (Å²) in [4.78, 5) is 14.7. The van der Waals surface area contributed by atoms with Crippen molar-refractivity contribution in [2.45, 2.75) is 13.0 Å². The number of nitrogens with zero attached hydrogens (tertiary/aromatic N) is 2. The summed E-state index contributed by atoms with van der Waals surface area (Å²) in [5.41, 5.74) is 2.61. The number of nitrogens with one attached hydrogen (secondary N) is 1. The van der Waals surface area contributed by atoms with Gasteiger partial charge in [0.1, 0.15) is 6.04 Å². The van der Waals surface area contributed by atoms with Crippen molar-refractivity contribution in [1.82, 2.24) is 4.98 Å². The number of nitro groups is 1. The topological polar surface area (TPSA) is 68.1 Å². The molecule has 0 aliphatic carbocycles. The Morgan fingerprint density at radius 3 is 2.63 bits per heavy atom. The SMILES string of the molecule is Cc1ccccc1NC(C[N+](=O)[O-])c1ccccn1. The highest BCUT2D eigenvalue weighted by Gasteiger charge is 2.19. The van der Waals surface area contributed by atoms with Crippen molar-refractivity contribution < 1.29 is 4.92 Å². The van der Waals surface area contributed by atoms with Crippen LogP contribution in [0.2, 0.25) is 0 Å². The molecule has 0 bridgehead atoms. The Kier molecular flexibility index (Phi) is 4.07. The number of hydrogen-bond donors (Lipinski definition) is 1. The summed E-state index contributed by atoms with van der Waals surface area (Å²) in [5.74, 6) is 0. The van der Waals surface area contributed by atoms with E-state index in [9.17, 15) is 10.1 Å². The molecule has 5 nitrogen and oxygen atoms in total. The monoisotopic (exact) mass is 257 g/mol. The molecule has 1 aromatic carbocycles. The summed E-state index contributed by atoms with van der Waals surface area (Å²) in [7, 11) is 0. The largest absolute Gasteiger partial charge is 0.371 e. The second-order valence-electron chi connectivity index (χ2n) is 4.28. The van der Waals surface area contributed by atoms with Crippen molar-refractivity contribution in [2.75, 3.05) is 11.9 Å². The minimum atomic E-state index is -0.433. The molecule has 0 saturated carbocycles. The number of anilines is 1. The number of para-hydroxylation sites is 1. The Morgan fingerprint density at radius 2 is 2.00 bits per heavy atom.